The molecule has 0 radical (unpaired) electrons. The third kappa shape index (κ3) is 3.37. The molecule has 1 aromatic rings. The molecule has 4 heteroatoms. The fraction of sp³-hybridized carbons (Fsp3) is 0.733. The molecule has 1 saturated carbocycles. The molecule has 1 fully saturated rings. The Hall–Kier alpha value is -1.32. The molecule has 1 aliphatic rings. The van der Waals surface area contributed by atoms with Gasteiger partial charge in [-0.25, -0.2) is 9.97 Å². The lowest BCUT2D eigenvalue weighted by Gasteiger charge is -2.19. The van der Waals surface area contributed by atoms with Gasteiger partial charge in [-0.3, -0.25) is 0 Å². The minimum atomic E-state index is 0.349. The third-order valence-corrected chi connectivity index (χ3v) is 3.72. The molecule has 0 aromatic carbocycles. The first-order valence-electron chi connectivity index (χ1n) is 7.50. The molecule has 19 heavy (non-hydrogen) atoms. The van der Waals surface area contributed by atoms with Crippen molar-refractivity contribution in [3.63, 3.8) is 0 Å². The topological polar surface area (TPSA) is 49.8 Å². The summed E-state index contributed by atoms with van der Waals surface area (Å²) in [4.78, 5) is 9.35. The van der Waals surface area contributed by atoms with Crippen LogP contribution in [0.1, 0.15) is 63.8 Å². The summed E-state index contributed by atoms with van der Waals surface area (Å²) in [6, 6.07) is 0.586. The third-order valence-electron chi connectivity index (χ3n) is 3.72. The van der Waals surface area contributed by atoms with E-state index in [9.17, 15) is 0 Å². The summed E-state index contributed by atoms with van der Waals surface area (Å²) in [6.07, 6.45) is 5.19. The van der Waals surface area contributed by atoms with Crippen LogP contribution in [-0.2, 0) is 0 Å². The van der Waals surface area contributed by atoms with Crippen LogP contribution in [-0.4, -0.2) is 22.6 Å². The Morgan fingerprint density at radius 3 is 2.37 bits per heavy atom. The molecule has 1 aliphatic carbocycles. The van der Waals surface area contributed by atoms with Gasteiger partial charge in [0.2, 0.25) is 0 Å². The molecule has 0 atom stereocenters. The van der Waals surface area contributed by atoms with Crippen molar-refractivity contribution in [2.45, 2.75) is 65.3 Å². The molecule has 0 bridgehead atoms. The van der Waals surface area contributed by atoms with Crippen molar-refractivity contribution in [1.82, 2.24) is 9.97 Å². The van der Waals surface area contributed by atoms with Crippen LogP contribution in [0, 0.1) is 6.92 Å². The Morgan fingerprint density at radius 2 is 1.79 bits per heavy atom. The SMILES string of the molecule is CCNc1nc(C(C)C)nc(NC2CCCC2)c1C. The zero-order chi connectivity index (χ0) is 13.8. The standard InChI is InChI=1S/C15H26N4/c1-5-16-14-11(4)15(17-12-8-6-7-9-12)19-13(18-14)10(2)3/h10,12H,5-9H2,1-4H3,(H2,16,17,18,19). The molecule has 0 saturated heterocycles. The van der Waals surface area contributed by atoms with E-state index in [1.807, 2.05) is 0 Å². The van der Waals surface area contributed by atoms with Crippen molar-refractivity contribution in [1.29, 1.82) is 0 Å². The van der Waals surface area contributed by atoms with Crippen LogP contribution in [0.2, 0.25) is 0 Å². The fourth-order valence-electron chi connectivity index (χ4n) is 2.54. The normalized spacial score (nSPS) is 16.1. The number of nitrogens with zero attached hydrogens (tertiary/aromatic N) is 2. The van der Waals surface area contributed by atoms with Crippen molar-refractivity contribution in [2.75, 3.05) is 17.2 Å². The molecular weight excluding hydrogens is 236 g/mol. The van der Waals surface area contributed by atoms with E-state index in [2.05, 4.69) is 43.3 Å². The maximum atomic E-state index is 4.72. The second-order valence-electron chi connectivity index (χ2n) is 5.71. The lowest BCUT2D eigenvalue weighted by atomic mass is 10.2. The van der Waals surface area contributed by atoms with Gasteiger partial charge in [-0.2, -0.15) is 0 Å². The van der Waals surface area contributed by atoms with Gasteiger partial charge in [0.05, 0.1) is 0 Å². The van der Waals surface area contributed by atoms with Gasteiger partial charge >= 0.3 is 0 Å². The van der Waals surface area contributed by atoms with Gasteiger partial charge < -0.3 is 10.6 Å². The van der Waals surface area contributed by atoms with E-state index in [-0.39, 0.29) is 0 Å². The van der Waals surface area contributed by atoms with Crippen LogP contribution in [0.15, 0.2) is 0 Å². The van der Waals surface area contributed by atoms with E-state index in [0.29, 0.717) is 12.0 Å². The molecule has 2 N–H and O–H groups in total. The Morgan fingerprint density at radius 1 is 1.16 bits per heavy atom. The smallest absolute Gasteiger partial charge is 0.135 e. The monoisotopic (exact) mass is 262 g/mol. The quantitative estimate of drug-likeness (QED) is 0.849. The second-order valence-corrected chi connectivity index (χ2v) is 5.71. The van der Waals surface area contributed by atoms with Crippen LogP contribution >= 0.6 is 0 Å². The second kappa shape index (κ2) is 6.22. The summed E-state index contributed by atoms with van der Waals surface area (Å²) in [5.74, 6) is 3.26. The first-order chi connectivity index (χ1) is 9.11. The van der Waals surface area contributed by atoms with Crippen molar-refractivity contribution in [2.24, 2.45) is 0 Å². The number of nitrogens with one attached hydrogen (secondary N) is 2. The van der Waals surface area contributed by atoms with Gasteiger partial charge in [-0.05, 0) is 26.7 Å². The van der Waals surface area contributed by atoms with Gasteiger partial charge in [0.25, 0.3) is 0 Å². The van der Waals surface area contributed by atoms with Crippen LogP contribution in [0.25, 0.3) is 0 Å². The van der Waals surface area contributed by atoms with Gasteiger partial charge in [0.1, 0.15) is 17.5 Å². The van der Waals surface area contributed by atoms with Crippen LogP contribution in [0.3, 0.4) is 0 Å². The van der Waals surface area contributed by atoms with Crippen molar-refractivity contribution in [3.8, 4) is 0 Å². The molecule has 0 unspecified atom stereocenters. The highest BCUT2D eigenvalue weighted by Gasteiger charge is 2.18. The number of rotatable bonds is 5. The largest absolute Gasteiger partial charge is 0.370 e. The van der Waals surface area contributed by atoms with Crippen molar-refractivity contribution >= 4 is 11.6 Å². The van der Waals surface area contributed by atoms with Crippen LogP contribution in [0.4, 0.5) is 11.6 Å². The molecule has 4 nitrogen and oxygen atoms in total. The van der Waals surface area contributed by atoms with Crippen molar-refractivity contribution < 1.29 is 0 Å². The lowest BCUT2D eigenvalue weighted by molar-refractivity contribution is 0.732. The van der Waals surface area contributed by atoms with E-state index < -0.39 is 0 Å². The molecule has 1 heterocycles. The summed E-state index contributed by atoms with van der Waals surface area (Å²) in [5.41, 5.74) is 1.14. The highest BCUT2D eigenvalue weighted by Crippen LogP contribution is 2.27. The molecule has 2 rings (SSSR count). The van der Waals surface area contributed by atoms with Gasteiger partial charge in [-0.15, -0.1) is 0 Å². The van der Waals surface area contributed by atoms with Gasteiger partial charge in [0, 0.05) is 24.1 Å². The van der Waals surface area contributed by atoms with Gasteiger partial charge in [-0.1, -0.05) is 26.7 Å². The van der Waals surface area contributed by atoms with Crippen molar-refractivity contribution in [3.05, 3.63) is 11.4 Å². The Labute approximate surface area is 116 Å². The summed E-state index contributed by atoms with van der Waals surface area (Å²) < 4.78 is 0. The Bertz CT molecular complexity index is 422. The highest BCUT2D eigenvalue weighted by molar-refractivity contribution is 5.57. The Balaban J connectivity index is 2.28. The Kier molecular flexibility index (Phi) is 4.61. The predicted molar refractivity (Wildman–Crippen MR) is 80.9 cm³/mol. The van der Waals surface area contributed by atoms with E-state index in [4.69, 9.17) is 4.98 Å². The van der Waals surface area contributed by atoms with E-state index in [0.717, 1.165) is 29.6 Å². The molecule has 0 amide bonds. The molecule has 0 spiro atoms. The number of aromatic nitrogens is 2. The van der Waals surface area contributed by atoms with E-state index in [1.165, 1.54) is 25.7 Å². The summed E-state index contributed by atoms with van der Waals surface area (Å²) in [5, 5.41) is 6.96. The van der Waals surface area contributed by atoms with Crippen LogP contribution in [0.5, 0.6) is 0 Å². The summed E-state index contributed by atoms with van der Waals surface area (Å²) in [7, 11) is 0. The predicted octanol–water partition coefficient (Wildman–Crippen LogP) is 3.69. The van der Waals surface area contributed by atoms with Gasteiger partial charge in [0.15, 0.2) is 0 Å². The molecule has 1 aromatic heterocycles. The van der Waals surface area contributed by atoms with Crippen LogP contribution < -0.4 is 10.6 Å². The molecule has 106 valence electrons. The first kappa shape index (κ1) is 14.1. The molecule has 0 aliphatic heterocycles. The maximum Gasteiger partial charge on any atom is 0.135 e. The minimum Gasteiger partial charge on any atom is -0.370 e. The first-order valence-corrected chi connectivity index (χ1v) is 7.50. The number of anilines is 2. The summed E-state index contributed by atoms with van der Waals surface area (Å²) >= 11 is 0. The zero-order valence-electron chi connectivity index (χ0n) is 12.6. The highest BCUT2D eigenvalue weighted by atomic mass is 15.1. The minimum absolute atomic E-state index is 0.349. The number of hydrogen-bond donors (Lipinski definition) is 2. The fourth-order valence-corrected chi connectivity index (χ4v) is 2.54. The maximum absolute atomic E-state index is 4.72. The summed E-state index contributed by atoms with van der Waals surface area (Å²) in [6.45, 7) is 9.36. The average molecular weight is 262 g/mol. The average Bonchev–Trinajstić information content (AvgIpc) is 2.87. The zero-order valence-corrected chi connectivity index (χ0v) is 12.6. The lowest BCUT2D eigenvalue weighted by Crippen LogP contribution is -2.19. The van der Waals surface area contributed by atoms with E-state index >= 15 is 0 Å². The number of hydrogen-bond acceptors (Lipinski definition) is 4. The van der Waals surface area contributed by atoms with E-state index in [1.54, 1.807) is 0 Å². The molecular formula is C15H26N4.